The van der Waals surface area contributed by atoms with Crippen molar-refractivity contribution in [2.75, 3.05) is 4.98 Å². The molecule has 17 heavy (non-hydrogen) atoms. The molecule has 1 aromatic carbocycles. The van der Waals surface area contributed by atoms with Gasteiger partial charge in [-0.2, -0.15) is 0 Å². The maximum atomic E-state index is 11.3. The lowest BCUT2D eigenvalue weighted by Gasteiger charge is -2.19. The average Bonchev–Trinajstić information content (AvgIpc) is 2.13. The second kappa shape index (κ2) is 4.03. The fourth-order valence-electron chi connectivity index (χ4n) is 1.84. The zero-order valence-corrected chi connectivity index (χ0v) is 11.6. The Morgan fingerprint density at radius 3 is 2.53 bits per heavy atom. The molecule has 0 saturated heterocycles. The lowest BCUT2D eigenvalue weighted by atomic mass is 10.1. The number of benzene rings is 1. The lowest BCUT2D eigenvalue weighted by molar-refractivity contribution is 0.560. The molecule has 2 rings (SSSR count). The van der Waals surface area contributed by atoms with E-state index in [1.54, 1.807) is 0 Å². The molecule has 0 aliphatic carbocycles. The van der Waals surface area contributed by atoms with E-state index in [9.17, 15) is 4.79 Å². The van der Waals surface area contributed by atoms with Crippen LogP contribution in [0.25, 0.3) is 11.0 Å². The van der Waals surface area contributed by atoms with Crippen molar-refractivity contribution in [3.05, 3.63) is 40.2 Å². The molecule has 0 unspecified atom stereocenters. The largest absolute Gasteiger partial charge is 0.423 e. The molecular formula is C13H17NO2Si. The summed E-state index contributed by atoms with van der Waals surface area (Å²) < 4.78 is 5.22. The van der Waals surface area contributed by atoms with E-state index >= 15 is 0 Å². The Hall–Kier alpha value is -1.55. The topological polar surface area (TPSA) is 42.2 Å². The number of anilines is 1. The monoisotopic (exact) mass is 247 g/mol. The van der Waals surface area contributed by atoms with Crippen molar-refractivity contribution in [1.82, 2.24) is 0 Å². The summed E-state index contributed by atoms with van der Waals surface area (Å²) in [7, 11) is -1.38. The average molecular weight is 247 g/mol. The smallest absolute Gasteiger partial charge is 0.336 e. The first-order chi connectivity index (χ1) is 7.85. The Morgan fingerprint density at radius 1 is 1.18 bits per heavy atom. The fraction of sp³-hybridized carbons (Fsp3) is 0.308. The van der Waals surface area contributed by atoms with Gasteiger partial charge in [-0.1, -0.05) is 19.6 Å². The van der Waals surface area contributed by atoms with Gasteiger partial charge in [-0.25, -0.2) is 4.79 Å². The Morgan fingerprint density at radius 2 is 1.88 bits per heavy atom. The first kappa shape index (κ1) is 11.9. The summed E-state index contributed by atoms with van der Waals surface area (Å²) in [5, 5.41) is 0.991. The summed E-state index contributed by atoms with van der Waals surface area (Å²) in [4.78, 5) is 14.8. The molecule has 0 aliphatic heterocycles. The Labute approximate surface area is 102 Å². The van der Waals surface area contributed by atoms with Gasteiger partial charge in [0.15, 0.2) is 0 Å². The third-order valence-corrected chi connectivity index (χ3v) is 3.51. The SMILES string of the molecule is Cc1cc(=O)oc2cc(N[Si](C)(C)C)ccc12. The molecule has 3 nitrogen and oxygen atoms in total. The van der Waals surface area contributed by atoms with E-state index < -0.39 is 8.24 Å². The molecule has 1 aromatic heterocycles. The molecule has 0 saturated carbocycles. The zero-order valence-electron chi connectivity index (χ0n) is 10.6. The van der Waals surface area contributed by atoms with Gasteiger partial charge in [-0.05, 0) is 24.6 Å². The number of rotatable bonds is 2. The summed E-state index contributed by atoms with van der Waals surface area (Å²) in [6, 6.07) is 7.46. The number of aryl methyl sites for hydroxylation is 1. The predicted octanol–water partition coefficient (Wildman–Crippen LogP) is 3.35. The van der Waals surface area contributed by atoms with Crippen molar-refractivity contribution in [2.24, 2.45) is 0 Å². The highest BCUT2D eigenvalue weighted by Crippen LogP contribution is 2.22. The highest BCUT2D eigenvalue weighted by Gasteiger charge is 2.13. The minimum atomic E-state index is -1.38. The van der Waals surface area contributed by atoms with Crippen molar-refractivity contribution in [3.63, 3.8) is 0 Å². The number of hydrogen-bond donors (Lipinski definition) is 1. The lowest BCUT2D eigenvalue weighted by Crippen LogP contribution is -2.32. The molecule has 0 atom stereocenters. The number of hydrogen-bond acceptors (Lipinski definition) is 3. The number of nitrogens with one attached hydrogen (secondary N) is 1. The van der Waals surface area contributed by atoms with Crippen LogP contribution in [-0.4, -0.2) is 8.24 Å². The minimum Gasteiger partial charge on any atom is -0.423 e. The summed E-state index contributed by atoms with van der Waals surface area (Å²) in [6.07, 6.45) is 0. The normalized spacial score (nSPS) is 11.8. The number of fused-ring (bicyclic) bond motifs is 1. The molecule has 0 fully saturated rings. The zero-order chi connectivity index (χ0) is 12.6. The van der Waals surface area contributed by atoms with Gasteiger partial charge in [0.05, 0.1) is 0 Å². The molecule has 0 spiro atoms. The van der Waals surface area contributed by atoms with E-state index in [4.69, 9.17) is 4.42 Å². The molecule has 0 amide bonds. The Kier molecular flexibility index (Phi) is 2.83. The second-order valence-corrected chi connectivity index (χ2v) is 10.1. The first-order valence-electron chi connectivity index (χ1n) is 5.68. The van der Waals surface area contributed by atoms with Gasteiger partial charge < -0.3 is 9.40 Å². The van der Waals surface area contributed by atoms with Crippen LogP contribution in [0.3, 0.4) is 0 Å². The second-order valence-electron chi connectivity index (χ2n) is 5.33. The standard InChI is InChI=1S/C13H17NO2Si/c1-9-7-13(15)16-12-8-10(5-6-11(9)12)14-17(2,3)4/h5-8,14H,1-4H3. The van der Waals surface area contributed by atoms with Gasteiger partial charge in [-0.3, -0.25) is 0 Å². The molecule has 4 heteroatoms. The summed E-state index contributed by atoms with van der Waals surface area (Å²) >= 11 is 0. The van der Waals surface area contributed by atoms with E-state index in [2.05, 4.69) is 24.6 Å². The van der Waals surface area contributed by atoms with Crippen LogP contribution in [0.5, 0.6) is 0 Å². The maximum absolute atomic E-state index is 11.3. The summed E-state index contributed by atoms with van der Waals surface area (Å²) in [5.74, 6) is 0. The third-order valence-electron chi connectivity index (χ3n) is 2.47. The van der Waals surface area contributed by atoms with Crippen molar-refractivity contribution in [3.8, 4) is 0 Å². The van der Waals surface area contributed by atoms with Crippen molar-refractivity contribution in [1.29, 1.82) is 0 Å². The van der Waals surface area contributed by atoms with Gasteiger partial charge in [0.1, 0.15) is 13.8 Å². The van der Waals surface area contributed by atoms with Crippen molar-refractivity contribution in [2.45, 2.75) is 26.6 Å². The van der Waals surface area contributed by atoms with Crippen LogP contribution >= 0.6 is 0 Å². The highest BCUT2D eigenvalue weighted by molar-refractivity contribution is 6.79. The van der Waals surface area contributed by atoms with Crippen LogP contribution in [0.2, 0.25) is 19.6 Å². The van der Waals surface area contributed by atoms with E-state index in [0.29, 0.717) is 5.58 Å². The molecule has 0 aliphatic rings. The van der Waals surface area contributed by atoms with Crippen LogP contribution in [0.15, 0.2) is 33.5 Å². The Balaban J connectivity index is 2.54. The Bertz CT molecular complexity index is 611. The van der Waals surface area contributed by atoms with Crippen molar-refractivity contribution < 1.29 is 4.42 Å². The van der Waals surface area contributed by atoms with Crippen molar-refractivity contribution >= 4 is 24.9 Å². The van der Waals surface area contributed by atoms with Crippen LogP contribution in [0.4, 0.5) is 5.69 Å². The molecule has 1 N–H and O–H groups in total. The first-order valence-corrected chi connectivity index (χ1v) is 9.18. The quantitative estimate of drug-likeness (QED) is 0.653. The maximum Gasteiger partial charge on any atom is 0.336 e. The molecule has 1 heterocycles. The summed E-state index contributed by atoms with van der Waals surface area (Å²) in [5.41, 5.74) is 2.33. The minimum absolute atomic E-state index is 0.292. The van der Waals surface area contributed by atoms with E-state index in [1.165, 1.54) is 6.07 Å². The third kappa shape index (κ3) is 2.77. The van der Waals surface area contributed by atoms with Gasteiger partial charge in [0, 0.05) is 23.2 Å². The van der Waals surface area contributed by atoms with E-state index in [-0.39, 0.29) is 5.63 Å². The van der Waals surface area contributed by atoms with Gasteiger partial charge in [0.25, 0.3) is 0 Å². The van der Waals surface area contributed by atoms with Gasteiger partial charge >= 0.3 is 5.63 Å². The van der Waals surface area contributed by atoms with E-state index in [1.807, 2.05) is 25.1 Å². The molecule has 90 valence electrons. The van der Waals surface area contributed by atoms with Crippen LogP contribution in [0.1, 0.15) is 5.56 Å². The molecular weight excluding hydrogens is 230 g/mol. The van der Waals surface area contributed by atoms with Crippen LogP contribution in [-0.2, 0) is 0 Å². The molecule has 0 radical (unpaired) electrons. The highest BCUT2D eigenvalue weighted by atomic mass is 28.3. The van der Waals surface area contributed by atoms with Crippen LogP contribution < -0.4 is 10.6 Å². The fourth-order valence-corrected chi connectivity index (χ4v) is 2.86. The summed E-state index contributed by atoms with van der Waals surface area (Å²) in [6.45, 7) is 8.60. The predicted molar refractivity (Wildman–Crippen MR) is 74.2 cm³/mol. The van der Waals surface area contributed by atoms with Crippen LogP contribution in [0, 0.1) is 6.92 Å². The molecule has 2 aromatic rings. The molecule has 0 bridgehead atoms. The van der Waals surface area contributed by atoms with Gasteiger partial charge in [0.2, 0.25) is 0 Å². The van der Waals surface area contributed by atoms with E-state index in [0.717, 1.165) is 16.6 Å². The van der Waals surface area contributed by atoms with Gasteiger partial charge in [-0.15, -0.1) is 0 Å².